The molecule has 21 heavy (non-hydrogen) atoms. The molecule has 0 spiro atoms. The maximum atomic E-state index is 12.2. The lowest BCUT2D eigenvalue weighted by Gasteiger charge is -2.32. The quantitative estimate of drug-likeness (QED) is 0.894. The first-order chi connectivity index (χ1) is 10.1. The van der Waals surface area contributed by atoms with Crippen molar-refractivity contribution in [3.05, 3.63) is 35.4 Å². The number of rotatable bonds is 5. The summed E-state index contributed by atoms with van der Waals surface area (Å²) >= 11 is 0. The molecule has 3 rings (SSSR count). The number of benzene rings is 1. The van der Waals surface area contributed by atoms with Crippen molar-refractivity contribution in [1.82, 2.24) is 4.90 Å². The molecule has 1 aliphatic heterocycles. The van der Waals surface area contributed by atoms with Crippen molar-refractivity contribution in [2.45, 2.75) is 25.3 Å². The zero-order chi connectivity index (χ0) is 14.8. The number of hydrogen-bond acceptors (Lipinski definition) is 3. The van der Waals surface area contributed by atoms with Gasteiger partial charge in [0.1, 0.15) is 6.61 Å². The number of carbonyl (C=O) groups excluding carboxylic acids is 1. The SMILES string of the molecule is O=C(O)C1CN(C(=O)COCC2CC2)Cc2ccccc21. The van der Waals surface area contributed by atoms with E-state index in [2.05, 4.69) is 0 Å². The molecule has 2 aliphatic rings. The molecule has 112 valence electrons. The highest BCUT2D eigenvalue weighted by atomic mass is 16.5. The second-order valence-corrected chi connectivity index (χ2v) is 5.82. The molecule has 1 saturated carbocycles. The predicted molar refractivity (Wildman–Crippen MR) is 75.8 cm³/mol. The van der Waals surface area contributed by atoms with Gasteiger partial charge in [0, 0.05) is 13.1 Å². The van der Waals surface area contributed by atoms with E-state index in [1.54, 1.807) is 4.90 Å². The van der Waals surface area contributed by atoms with Crippen molar-refractivity contribution >= 4 is 11.9 Å². The van der Waals surface area contributed by atoms with Gasteiger partial charge in [-0.2, -0.15) is 0 Å². The van der Waals surface area contributed by atoms with Crippen LogP contribution < -0.4 is 0 Å². The number of nitrogens with zero attached hydrogens (tertiary/aromatic N) is 1. The Morgan fingerprint density at radius 1 is 1.29 bits per heavy atom. The molecule has 0 saturated heterocycles. The minimum atomic E-state index is -0.890. The number of carboxylic acids is 1. The molecule has 1 fully saturated rings. The first kappa shape index (κ1) is 14.1. The number of aliphatic carboxylic acids is 1. The van der Waals surface area contributed by atoms with E-state index in [0.717, 1.165) is 11.1 Å². The Morgan fingerprint density at radius 3 is 2.76 bits per heavy atom. The average molecular weight is 289 g/mol. The second kappa shape index (κ2) is 5.85. The van der Waals surface area contributed by atoms with Crippen LogP contribution in [0.25, 0.3) is 0 Å². The van der Waals surface area contributed by atoms with Crippen LogP contribution in [0, 0.1) is 5.92 Å². The fraction of sp³-hybridized carbons (Fsp3) is 0.500. The van der Waals surface area contributed by atoms with E-state index in [9.17, 15) is 14.7 Å². The summed E-state index contributed by atoms with van der Waals surface area (Å²) < 4.78 is 5.42. The maximum Gasteiger partial charge on any atom is 0.312 e. The average Bonchev–Trinajstić information content (AvgIpc) is 3.30. The van der Waals surface area contributed by atoms with Crippen LogP contribution in [0.3, 0.4) is 0 Å². The van der Waals surface area contributed by atoms with E-state index in [1.165, 1.54) is 12.8 Å². The van der Waals surface area contributed by atoms with Crippen LogP contribution in [0.2, 0.25) is 0 Å². The third-order valence-corrected chi connectivity index (χ3v) is 4.12. The molecule has 1 atom stereocenters. The zero-order valence-electron chi connectivity index (χ0n) is 11.8. The Morgan fingerprint density at radius 2 is 2.05 bits per heavy atom. The lowest BCUT2D eigenvalue weighted by atomic mass is 9.90. The summed E-state index contributed by atoms with van der Waals surface area (Å²) in [5.41, 5.74) is 1.72. The Labute approximate surface area is 123 Å². The third kappa shape index (κ3) is 3.24. The first-order valence-corrected chi connectivity index (χ1v) is 7.31. The van der Waals surface area contributed by atoms with Gasteiger partial charge < -0.3 is 14.7 Å². The van der Waals surface area contributed by atoms with Gasteiger partial charge in [0.15, 0.2) is 0 Å². The zero-order valence-corrected chi connectivity index (χ0v) is 11.8. The lowest BCUT2D eigenvalue weighted by molar-refractivity contribution is -0.143. The molecule has 0 aromatic heterocycles. The fourth-order valence-electron chi connectivity index (χ4n) is 2.70. The minimum absolute atomic E-state index is 0.0466. The summed E-state index contributed by atoms with van der Waals surface area (Å²) in [6.45, 7) is 1.37. The van der Waals surface area contributed by atoms with Crippen LogP contribution in [0.1, 0.15) is 29.9 Å². The number of fused-ring (bicyclic) bond motifs is 1. The van der Waals surface area contributed by atoms with Gasteiger partial charge in [-0.1, -0.05) is 24.3 Å². The summed E-state index contributed by atoms with van der Waals surface area (Å²) in [4.78, 5) is 25.2. The van der Waals surface area contributed by atoms with E-state index in [-0.39, 0.29) is 19.1 Å². The molecule has 1 unspecified atom stereocenters. The van der Waals surface area contributed by atoms with Crippen LogP contribution in [-0.2, 0) is 20.9 Å². The van der Waals surface area contributed by atoms with Crippen LogP contribution in [-0.4, -0.2) is 41.6 Å². The van der Waals surface area contributed by atoms with Gasteiger partial charge in [-0.05, 0) is 29.9 Å². The van der Waals surface area contributed by atoms with Crippen LogP contribution in [0.15, 0.2) is 24.3 Å². The van der Waals surface area contributed by atoms with Crippen molar-refractivity contribution in [1.29, 1.82) is 0 Å². The number of ether oxygens (including phenoxy) is 1. The van der Waals surface area contributed by atoms with Crippen LogP contribution in [0.5, 0.6) is 0 Å². The van der Waals surface area contributed by atoms with Gasteiger partial charge in [-0.25, -0.2) is 0 Å². The summed E-state index contributed by atoms with van der Waals surface area (Å²) in [6.07, 6.45) is 2.37. The molecule has 5 nitrogen and oxygen atoms in total. The Hall–Kier alpha value is -1.88. The van der Waals surface area contributed by atoms with Crippen LogP contribution in [0.4, 0.5) is 0 Å². The highest BCUT2D eigenvalue weighted by Gasteiger charge is 2.32. The minimum Gasteiger partial charge on any atom is -0.481 e. The highest BCUT2D eigenvalue weighted by molar-refractivity contribution is 5.82. The van der Waals surface area contributed by atoms with Gasteiger partial charge in [-0.3, -0.25) is 9.59 Å². The van der Waals surface area contributed by atoms with Crippen molar-refractivity contribution < 1.29 is 19.4 Å². The Bertz CT molecular complexity index is 553. The molecule has 1 amide bonds. The standard InChI is InChI=1S/C16H19NO4/c18-15(10-21-9-11-5-6-11)17-7-12-3-1-2-4-13(12)14(8-17)16(19)20/h1-4,11,14H,5-10H2,(H,19,20). The van der Waals surface area contributed by atoms with Crippen molar-refractivity contribution in [2.75, 3.05) is 19.8 Å². The van der Waals surface area contributed by atoms with Gasteiger partial charge >= 0.3 is 5.97 Å². The molecule has 0 bridgehead atoms. The van der Waals surface area contributed by atoms with E-state index in [0.29, 0.717) is 19.1 Å². The largest absolute Gasteiger partial charge is 0.481 e. The van der Waals surface area contributed by atoms with Gasteiger partial charge in [0.2, 0.25) is 5.91 Å². The van der Waals surface area contributed by atoms with E-state index < -0.39 is 11.9 Å². The lowest BCUT2D eigenvalue weighted by Crippen LogP contribution is -2.42. The molecule has 5 heteroatoms. The maximum absolute atomic E-state index is 12.2. The number of carbonyl (C=O) groups is 2. The topological polar surface area (TPSA) is 66.8 Å². The molecular weight excluding hydrogens is 270 g/mol. The molecule has 1 heterocycles. The molecule has 0 radical (unpaired) electrons. The van der Waals surface area contributed by atoms with E-state index in [1.807, 2.05) is 24.3 Å². The molecule has 1 aromatic carbocycles. The summed E-state index contributed by atoms with van der Waals surface area (Å²) in [5, 5.41) is 9.37. The Balaban J connectivity index is 1.67. The monoisotopic (exact) mass is 289 g/mol. The van der Waals surface area contributed by atoms with Gasteiger partial charge in [0.25, 0.3) is 0 Å². The molecule has 1 N–H and O–H groups in total. The summed E-state index contributed by atoms with van der Waals surface area (Å²) in [7, 11) is 0. The van der Waals surface area contributed by atoms with Crippen molar-refractivity contribution in [2.24, 2.45) is 5.92 Å². The molecule has 1 aromatic rings. The van der Waals surface area contributed by atoms with Crippen LogP contribution >= 0.6 is 0 Å². The second-order valence-electron chi connectivity index (χ2n) is 5.82. The smallest absolute Gasteiger partial charge is 0.312 e. The number of carboxylic acid groups (broad SMARTS) is 1. The van der Waals surface area contributed by atoms with E-state index in [4.69, 9.17) is 4.74 Å². The Kier molecular flexibility index (Phi) is 3.92. The normalized spacial score (nSPS) is 21.0. The molecular formula is C16H19NO4. The van der Waals surface area contributed by atoms with Gasteiger partial charge in [-0.15, -0.1) is 0 Å². The van der Waals surface area contributed by atoms with Crippen molar-refractivity contribution in [3.63, 3.8) is 0 Å². The number of amides is 1. The predicted octanol–water partition coefficient (Wildman–Crippen LogP) is 1.62. The highest BCUT2D eigenvalue weighted by Crippen LogP contribution is 2.30. The summed E-state index contributed by atoms with van der Waals surface area (Å²) in [6, 6.07) is 7.43. The molecule has 1 aliphatic carbocycles. The first-order valence-electron chi connectivity index (χ1n) is 7.31. The van der Waals surface area contributed by atoms with Crippen molar-refractivity contribution in [3.8, 4) is 0 Å². The summed E-state index contributed by atoms with van der Waals surface area (Å²) in [5.74, 6) is -1.05. The van der Waals surface area contributed by atoms with E-state index >= 15 is 0 Å². The fourth-order valence-corrected chi connectivity index (χ4v) is 2.70. The number of hydrogen-bond donors (Lipinski definition) is 1. The van der Waals surface area contributed by atoms with Gasteiger partial charge in [0.05, 0.1) is 12.5 Å². The third-order valence-electron chi connectivity index (χ3n) is 4.12.